The summed E-state index contributed by atoms with van der Waals surface area (Å²) in [5.74, 6) is 0.728. The lowest BCUT2D eigenvalue weighted by Crippen LogP contribution is -2.39. The molecular weight excluding hydrogens is 392 g/mol. The van der Waals surface area contributed by atoms with Crippen molar-refractivity contribution < 1.29 is 4.74 Å². The van der Waals surface area contributed by atoms with Crippen LogP contribution in [-0.4, -0.2) is 55.9 Å². The zero-order chi connectivity index (χ0) is 21.4. The Kier molecular flexibility index (Phi) is 5.58. The fourth-order valence-corrected chi connectivity index (χ4v) is 4.89. The molecule has 0 aliphatic carbocycles. The van der Waals surface area contributed by atoms with Crippen LogP contribution >= 0.6 is 0 Å². The van der Waals surface area contributed by atoms with Crippen molar-refractivity contribution in [3.05, 3.63) is 51.1 Å². The lowest BCUT2D eigenvalue weighted by atomic mass is 9.99. The highest BCUT2D eigenvalue weighted by Crippen LogP contribution is 2.30. The zero-order valence-electron chi connectivity index (χ0n) is 18.3. The van der Waals surface area contributed by atoms with Gasteiger partial charge in [0.1, 0.15) is 6.04 Å². The molecule has 0 saturated carbocycles. The Hall–Kier alpha value is -2.58. The van der Waals surface area contributed by atoms with Gasteiger partial charge in [0.15, 0.2) is 5.82 Å². The van der Waals surface area contributed by atoms with Crippen LogP contribution < -0.4 is 5.56 Å². The molecule has 3 aromatic rings. The number of aromatic nitrogens is 5. The van der Waals surface area contributed by atoms with E-state index in [1.165, 1.54) is 17.5 Å². The Morgan fingerprint density at radius 3 is 2.71 bits per heavy atom. The van der Waals surface area contributed by atoms with Gasteiger partial charge in [-0.05, 0) is 97.8 Å². The SMILES string of the molecule is Cc1cc2cc([C@@H](c3nnnn3C[C@@H]3CCCO3)N3CCCCC3)c(=O)[nH]c2cc1C. The van der Waals surface area contributed by atoms with Gasteiger partial charge in [0.05, 0.1) is 12.6 Å². The number of fused-ring (bicyclic) bond motifs is 1. The van der Waals surface area contributed by atoms with E-state index in [2.05, 4.69) is 45.3 Å². The average Bonchev–Trinajstić information content (AvgIpc) is 3.44. The van der Waals surface area contributed by atoms with E-state index in [1.807, 2.05) is 16.8 Å². The maximum absolute atomic E-state index is 13.3. The molecular formula is C23H30N6O2. The third-order valence-corrected chi connectivity index (χ3v) is 6.74. The number of nitrogens with one attached hydrogen (secondary N) is 1. The van der Waals surface area contributed by atoms with E-state index < -0.39 is 0 Å². The molecule has 2 aromatic heterocycles. The van der Waals surface area contributed by atoms with Gasteiger partial charge in [-0.3, -0.25) is 9.69 Å². The topological polar surface area (TPSA) is 88.9 Å². The highest BCUT2D eigenvalue weighted by atomic mass is 16.5. The van der Waals surface area contributed by atoms with Crippen LogP contribution in [0.5, 0.6) is 0 Å². The third kappa shape index (κ3) is 4.02. The molecule has 2 aliphatic rings. The molecule has 1 N–H and O–H groups in total. The minimum absolute atomic E-state index is 0.0713. The molecule has 0 unspecified atom stereocenters. The number of pyridine rings is 1. The largest absolute Gasteiger partial charge is 0.376 e. The average molecular weight is 423 g/mol. The molecule has 1 aromatic carbocycles. The Bertz CT molecular complexity index is 1120. The van der Waals surface area contributed by atoms with Crippen molar-refractivity contribution in [2.45, 2.75) is 64.6 Å². The van der Waals surface area contributed by atoms with Crippen LogP contribution in [0.25, 0.3) is 10.9 Å². The summed E-state index contributed by atoms with van der Waals surface area (Å²) in [5.41, 5.74) is 3.89. The number of H-pyrrole nitrogens is 1. The number of hydrogen-bond acceptors (Lipinski definition) is 6. The number of likely N-dealkylation sites (tertiary alicyclic amines) is 1. The van der Waals surface area contributed by atoms with E-state index >= 15 is 0 Å². The highest BCUT2D eigenvalue weighted by Gasteiger charge is 2.32. The summed E-state index contributed by atoms with van der Waals surface area (Å²) in [6.45, 7) is 7.45. The number of benzene rings is 1. The molecule has 0 bridgehead atoms. The molecule has 8 nitrogen and oxygen atoms in total. The van der Waals surface area contributed by atoms with Crippen LogP contribution in [0.1, 0.15) is 60.7 Å². The molecule has 2 aliphatic heterocycles. The number of rotatable bonds is 5. The Labute approximate surface area is 181 Å². The van der Waals surface area contributed by atoms with Crippen molar-refractivity contribution in [3.8, 4) is 0 Å². The Morgan fingerprint density at radius 2 is 1.94 bits per heavy atom. The maximum atomic E-state index is 13.3. The van der Waals surface area contributed by atoms with Gasteiger partial charge in [0, 0.05) is 17.7 Å². The Balaban J connectivity index is 1.61. The molecule has 0 radical (unpaired) electrons. The van der Waals surface area contributed by atoms with Gasteiger partial charge >= 0.3 is 0 Å². The normalized spacial score (nSPS) is 21.0. The van der Waals surface area contributed by atoms with Gasteiger partial charge in [-0.25, -0.2) is 4.68 Å². The zero-order valence-corrected chi connectivity index (χ0v) is 18.3. The number of tetrazole rings is 1. The van der Waals surface area contributed by atoms with E-state index in [-0.39, 0.29) is 17.7 Å². The van der Waals surface area contributed by atoms with Crippen molar-refractivity contribution in [1.82, 2.24) is 30.1 Å². The van der Waals surface area contributed by atoms with E-state index in [9.17, 15) is 4.79 Å². The number of ether oxygens (including phenoxy) is 1. The molecule has 5 rings (SSSR count). The van der Waals surface area contributed by atoms with Gasteiger partial charge < -0.3 is 9.72 Å². The first-order valence-corrected chi connectivity index (χ1v) is 11.4. The number of piperidine rings is 1. The molecule has 2 atom stereocenters. The van der Waals surface area contributed by atoms with E-state index in [4.69, 9.17) is 4.74 Å². The summed E-state index contributed by atoms with van der Waals surface area (Å²) < 4.78 is 7.67. The molecule has 0 spiro atoms. The van der Waals surface area contributed by atoms with Gasteiger partial charge in [-0.2, -0.15) is 0 Å². The Morgan fingerprint density at radius 1 is 1.13 bits per heavy atom. The summed E-state index contributed by atoms with van der Waals surface area (Å²) >= 11 is 0. The summed E-state index contributed by atoms with van der Waals surface area (Å²) in [7, 11) is 0. The summed E-state index contributed by atoms with van der Waals surface area (Å²) in [4.78, 5) is 18.8. The minimum atomic E-state index is -0.272. The van der Waals surface area contributed by atoms with Crippen LogP contribution in [0.15, 0.2) is 23.0 Å². The fourth-order valence-electron chi connectivity index (χ4n) is 4.89. The summed E-state index contributed by atoms with van der Waals surface area (Å²) in [6, 6.07) is 5.96. The molecule has 164 valence electrons. The smallest absolute Gasteiger partial charge is 0.253 e. The van der Waals surface area contributed by atoms with Crippen LogP contribution in [0, 0.1) is 13.8 Å². The van der Waals surface area contributed by atoms with Crippen LogP contribution in [0.2, 0.25) is 0 Å². The molecule has 4 heterocycles. The van der Waals surface area contributed by atoms with E-state index in [0.717, 1.165) is 62.1 Å². The first kappa shape index (κ1) is 20.3. The second-order valence-electron chi connectivity index (χ2n) is 8.93. The number of hydrogen-bond donors (Lipinski definition) is 1. The van der Waals surface area contributed by atoms with Crippen LogP contribution in [-0.2, 0) is 11.3 Å². The van der Waals surface area contributed by atoms with Gasteiger partial charge in [0.25, 0.3) is 5.56 Å². The predicted molar refractivity (Wildman–Crippen MR) is 118 cm³/mol. The number of aromatic amines is 1. The predicted octanol–water partition coefficient (Wildman–Crippen LogP) is 2.89. The van der Waals surface area contributed by atoms with Crippen molar-refractivity contribution in [2.24, 2.45) is 0 Å². The molecule has 8 heteroatoms. The van der Waals surface area contributed by atoms with Crippen molar-refractivity contribution in [3.63, 3.8) is 0 Å². The lowest BCUT2D eigenvalue weighted by Gasteiger charge is -2.33. The maximum Gasteiger partial charge on any atom is 0.253 e. The fraction of sp³-hybridized carbons (Fsp3) is 0.565. The first-order valence-electron chi connectivity index (χ1n) is 11.4. The third-order valence-electron chi connectivity index (χ3n) is 6.74. The molecule has 2 saturated heterocycles. The molecule has 31 heavy (non-hydrogen) atoms. The van der Waals surface area contributed by atoms with Crippen LogP contribution in [0.3, 0.4) is 0 Å². The van der Waals surface area contributed by atoms with Gasteiger partial charge in [-0.15, -0.1) is 5.10 Å². The standard InChI is InChI=1S/C23H30N6O2/c1-15-11-17-13-19(23(30)24-20(17)12-16(15)2)21(28-8-4-3-5-9-28)22-25-26-27-29(22)14-18-7-6-10-31-18/h11-13,18,21H,3-10,14H2,1-2H3,(H,24,30)/t18-,21-/m0/s1. The molecule has 0 amide bonds. The summed E-state index contributed by atoms with van der Waals surface area (Å²) in [6.07, 6.45) is 5.67. The summed E-state index contributed by atoms with van der Waals surface area (Å²) in [5, 5.41) is 13.7. The van der Waals surface area contributed by atoms with E-state index in [0.29, 0.717) is 12.1 Å². The number of nitrogens with zero attached hydrogens (tertiary/aromatic N) is 5. The van der Waals surface area contributed by atoms with Crippen molar-refractivity contribution >= 4 is 10.9 Å². The number of aryl methyl sites for hydroxylation is 2. The first-order chi connectivity index (χ1) is 15.1. The van der Waals surface area contributed by atoms with E-state index in [1.54, 1.807) is 0 Å². The van der Waals surface area contributed by atoms with Crippen LogP contribution in [0.4, 0.5) is 0 Å². The quantitative estimate of drug-likeness (QED) is 0.680. The monoisotopic (exact) mass is 422 g/mol. The highest BCUT2D eigenvalue weighted by molar-refractivity contribution is 5.81. The lowest BCUT2D eigenvalue weighted by molar-refractivity contribution is 0.0902. The minimum Gasteiger partial charge on any atom is -0.376 e. The second-order valence-corrected chi connectivity index (χ2v) is 8.93. The second kappa shape index (κ2) is 8.51. The molecule has 2 fully saturated rings. The van der Waals surface area contributed by atoms with Crippen molar-refractivity contribution in [2.75, 3.05) is 19.7 Å². The van der Waals surface area contributed by atoms with Crippen molar-refractivity contribution in [1.29, 1.82) is 0 Å². The van der Waals surface area contributed by atoms with Gasteiger partial charge in [-0.1, -0.05) is 6.42 Å². The van der Waals surface area contributed by atoms with Gasteiger partial charge in [0.2, 0.25) is 0 Å².